The first-order valence-corrected chi connectivity index (χ1v) is 3.71. The Balaban J connectivity index is 2.15. The number of hydrogen-bond donors (Lipinski definition) is 1. The lowest BCUT2D eigenvalue weighted by molar-refractivity contribution is 1.05. The Labute approximate surface area is 70.5 Å². The molecule has 59 valence electrons. The van der Waals surface area contributed by atoms with Crippen LogP contribution in [0.25, 0.3) is 0 Å². The van der Waals surface area contributed by atoms with E-state index >= 15 is 0 Å². The molecule has 0 amide bonds. The Bertz CT molecular complexity index is 326. The van der Waals surface area contributed by atoms with E-state index in [-0.39, 0.29) is 0 Å². The van der Waals surface area contributed by atoms with Crippen molar-refractivity contribution in [2.75, 3.05) is 0 Å². The maximum atomic E-state index is 3.99. The molecule has 0 aliphatic heterocycles. The quantitative estimate of drug-likeness (QED) is 0.717. The number of hydrogen-bond acceptors (Lipinski definition) is 2. The van der Waals surface area contributed by atoms with Crippen molar-refractivity contribution in [1.82, 2.24) is 15.2 Å². The Kier molecular flexibility index (Phi) is 1.86. The lowest BCUT2D eigenvalue weighted by Crippen LogP contribution is -1.86. The maximum Gasteiger partial charge on any atom is 0.158 e. The molecule has 0 saturated heterocycles. The van der Waals surface area contributed by atoms with Crippen LogP contribution in [-0.4, -0.2) is 15.2 Å². The van der Waals surface area contributed by atoms with Crippen LogP contribution < -0.4 is 0 Å². The molecule has 2 aromatic rings. The fraction of sp³-hybridized carbons (Fsp3) is 0. The molecule has 0 bridgehead atoms. The Morgan fingerprint density at radius 1 is 1.17 bits per heavy atom. The molecule has 3 nitrogen and oxygen atoms in total. The topological polar surface area (TPSA) is 41.6 Å². The van der Waals surface area contributed by atoms with Crippen molar-refractivity contribution in [1.29, 1.82) is 0 Å². The van der Waals surface area contributed by atoms with Crippen LogP contribution in [0.4, 0.5) is 0 Å². The summed E-state index contributed by atoms with van der Waals surface area (Å²) >= 11 is 0. The predicted molar refractivity (Wildman–Crippen MR) is 45.3 cm³/mol. The highest BCUT2D eigenvalue weighted by molar-refractivity contribution is 5.28. The number of aromatic amines is 1. The Morgan fingerprint density at radius 3 is 2.67 bits per heavy atom. The first-order chi connectivity index (χ1) is 5.95. The predicted octanol–water partition coefficient (Wildman–Crippen LogP) is 1.41. The van der Waals surface area contributed by atoms with Crippen molar-refractivity contribution in [3.63, 3.8) is 0 Å². The van der Waals surface area contributed by atoms with Gasteiger partial charge in [-0.15, -0.1) is 0 Å². The second-order valence-electron chi connectivity index (χ2n) is 2.41. The van der Waals surface area contributed by atoms with Crippen LogP contribution in [0, 0.1) is 6.42 Å². The normalized spacial score (nSPS) is 10.0. The summed E-state index contributed by atoms with van der Waals surface area (Å²) < 4.78 is 0. The van der Waals surface area contributed by atoms with Gasteiger partial charge in [-0.3, -0.25) is 5.10 Å². The molecule has 1 radical (unpaired) electrons. The highest BCUT2D eigenvalue weighted by Gasteiger charge is 1.97. The van der Waals surface area contributed by atoms with Gasteiger partial charge in [-0.05, 0) is 5.56 Å². The minimum atomic E-state index is 0.709. The third kappa shape index (κ3) is 1.50. The molecule has 0 fully saturated rings. The van der Waals surface area contributed by atoms with E-state index in [1.54, 1.807) is 6.33 Å². The number of benzene rings is 1. The van der Waals surface area contributed by atoms with Gasteiger partial charge in [0.1, 0.15) is 6.33 Å². The molecule has 0 aliphatic rings. The SMILES string of the molecule is [CH](c1ccccc1)c1nc[nH]n1. The molecule has 0 atom stereocenters. The second kappa shape index (κ2) is 3.17. The minimum absolute atomic E-state index is 0.709. The molecule has 0 spiro atoms. The van der Waals surface area contributed by atoms with Crippen molar-refractivity contribution < 1.29 is 0 Å². The fourth-order valence-electron chi connectivity index (χ4n) is 0.987. The van der Waals surface area contributed by atoms with Gasteiger partial charge < -0.3 is 0 Å². The van der Waals surface area contributed by atoms with Crippen molar-refractivity contribution in [2.45, 2.75) is 0 Å². The number of H-pyrrole nitrogens is 1. The van der Waals surface area contributed by atoms with Crippen molar-refractivity contribution in [2.24, 2.45) is 0 Å². The van der Waals surface area contributed by atoms with E-state index in [0.29, 0.717) is 5.82 Å². The van der Waals surface area contributed by atoms with Crippen LogP contribution in [0.15, 0.2) is 36.7 Å². The molecule has 1 N–H and O–H groups in total. The van der Waals surface area contributed by atoms with Gasteiger partial charge in [0.25, 0.3) is 0 Å². The van der Waals surface area contributed by atoms with Crippen LogP contribution in [0.1, 0.15) is 11.4 Å². The first-order valence-electron chi connectivity index (χ1n) is 3.71. The van der Waals surface area contributed by atoms with Crippen molar-refractivity contribution >= 4 is 0 Å². The van der Waals surface area contributed by atoms with Crippen LogP contribution in [0.2, 0.25) is 0 Å². The summed E-state index contributed by atoms with van der Waals surface area (Å²) in [7, 11) is 0. The highest BCUT2D eigenvalue weighted by atomic mass is 15.2. The fourth-order valence-corrected chi connectivity index (χ4v) is 0.987. The lowest BCUT2D eigenvalue weighted by Gasteiger charge is -1.93. The number of nitrogens with one attached hydrogen (secondary N) is 1. The Hall–Kier alpha value is -1.64. The van der Waals surface area contributed by atoms with E-state index < -0.39 is 0 Å². The monoisotopic (exact) mass is 158 g/mol. The molecule has 1 aromatic heterocycles. The second-order valence-corrected chi connectivity index (χ2v) is 2.41. The van der Waals surface area contributed by atoms with Crippen molar-refractivity contribution in [3.8, 4) is 0 Å². The third-order valence-corrected chi connectivity index (χ3v) is 1.53. The molecule has 0 aliphatic carbocycles. The molecular formula is C9H8N3. The van der Waals surface area contributed by atoms with E-state index in [1.807, 2.05) is 36.8 Å². The first kappa shape index (κ1) is 7.03. The number of aromatic nitrogens is 3. The van der Waals surface area contributed by atoms with Crippen LogP contribution in [0.3, 0.4) is 0 Å². The lowest BCUT2D eigenvalue weighted by atomic mass is 10.1. The van der Waals surface area contributed by atoms with Gasteiger partial charge in [0.2, 0.25) is 0 Å². The van der Waals surface area contributed by atoms with E-state index in [9.17, 15) is 0 Å². The maximum absolute atomic E-state index is 3.99. The van der Waals surface area contributed by atoms with Crippen molar-refractivity contribution in [3.05, 3.63) is 54.5 Å². The number of rotatable bonds is 2. The average molecular weight is 158 g/mol. The van der Waals surface area contributed by atoms with E-state index in [4.69, 9.17) is 0 Å². The summed E-state index contributed by atoms with van der Waals surface area (Å²) in [4.78, 5) is 3.99. The molecule has 1 aromatic carbocycles. The highest BCUT2D eigenvalue weighted by Crippen LogP contribution is 2.05. The van der Waals surface area contributed by atoms with Crippen LogP contribution in [-0.2, 0) is 0 Å². The van der Waals surface area contributed by atoms with Gasteiger partial charge in [0, 0.05) is 0 Å². The molecule has 0 saturated carbocycles. The minimum Gasteiger partial charge on any atom is -0.266 e. The number of nitrogens with zero attached hydrogens (tertiary/aromatic N) is 2. The molecule has 12 heavy (non-hydrogen) atoms. The summed E-state index contributed by atoms with van der Waals surface area (Å²) in [6.45, 7) is 0. The summed E-state index contributed by atoms with van der Waals surface area (Å²) in [5, 5.41) is 6.58. The molecule has 0 unspecified atom stereocenters. The zero-order chi connectivity index (χ0) is 8.23. The van der Waals surface area contributed by atoms with Gasteiger partial charge in [-0.1, -0.05) is 30.3 Å². The zero-order valence-corrected chi connectivity index (χ0v) is 6.44. The van der Waals surface area contributed by atoms with Gasteiger partial charge >= 0.3 is 0 Å². The van der Waals surface area contributed by atoms with Gasteiger partial charge in [-0.25, -0.2) is 4.98 Å². The van der Waals surface area contributed by atoms with E-state index in [2.05, 4.69) is 15.2 Å². The average Bonchev–Trinajstić information content (AvgIpc) is 2.59. The van der Waals surface area contributed by atoms with Gasteiger partial charge in [0.05, 0.1) is 6.42 Å². The van der Waals surface area contributed by atoms with E-state index in [0.717, 1.165) is 5.56 Å². The largest absolute Gasteiger partial charge is 0.266 e. The van der Waals surface area contributed by atoms with Crippen LogP contribution in [0.5, 0.6) is 0 Å². The Morgan fingerprint density at radius 2 is 2.00 bits per heavy atom. The zero-order valence-electron chi connectivity index (χ0n) is 6.44. The molecule has 3 heteroatoms. The molecular weight excluding hydrogens is 150 g/mol. The summed E-state index contributed by atoms with van der Waals surface area (Å²) in [6, 6.07) is 9.97. The van der Waals surface area contributed by atoms with Crippen LogP contribution >= 0.6 is 0 Å². The molecule has 1 heterocycles. The third-order valence-electron chi connectivity index (χ3n) is 1.53. The standard InChI is InChI=1S/C9H8N3/c1-2-4-8(5-3-1)6-9-10-7-11-12-9/h1-7H,(H,10,11,12). The van der Waals surface area contributed by atoms with Gasteiger partial charge in [0.15, 0.2) is 5.82 Å². The molecule has 2 rings (SSSR count). The summed E-state index contributed by atoms with van der Waals surface area (Å²) in [5.74, 6) is 0.709. The van der Waals surface area contributed by atoms with E-state index in [1.165, 1.54) is 0 Å². The smallest absolute Gasteiger partial charge is 0.158 e. The summed E-state index contributed by atoms with van der Waals surface area (Å²) in [6.07, 6.45) is 3.48. The summed E-state index contributed by atoms with van der Waals surface area (Å²) in [5.41, 5.74) is 1.11. The van der Waals surface area contributed by atoms with Gasteiger partial charge in [-0.2, -0.15) is 5.10 Å².